The number of nitrogens with zero attached hydrogens (tertiary/aromatic N) is 2. The van der Waals surface area contributed by atoms with Crippen molar-refractivity contribution in [2.45, 2.75) is 45.3 Å². The first-order valence-corrected chi connectivity index (χ1v) is 8.87. The highest BCUT2D eigenvalue weighted by molar-refractivity contribution is 9.10. The number of aromatic nitrogens is 1. The van der Waals surface area contributed by atoms with Crippen LogP contribution in [0, 0.1) is 0 Å². The number of hydrogen-bond donors (Lipinski definition) is 0. The van der Waals surface area contributed by atoms with Crippen LogP contribution in [0.4, 0.5) is 4.79 Å². The molecule has 0 spiro atoms. The normalized spacial score (nSPS) is 16.8. The maximum atomic E-state index is 12.2. The van der Waals surface area contributed by atoms with E-state index < -0.39 is 5.60 Å². The summed E-state index contributed by atoms with van der Waals surface area (Å²) in [5, 5.41) is 1.25. The molecule has 2 heterocycles. The summed E-state index contributed by atoms with van der Waals surface area (Å²) in [6, 6.07) is 8.95. The number of piperidine rings is 1. The minimum Gasteiger partial charge on any atom is -0.444 e. The molecule has 0 atom stereocenters. The SMILES string of the molecule is CC(C)(C)OC(=O)N1CCC(n2ccc3ccc(Br)cc32)CC1. The molecule has 1 aromatic heterocycles. The second-order valence-electron chi connectivity index (χ2n) is 7.12. The van der Waals surface area contributed by atoms with E-state index in [4.69, 9.17) is 4.74 Å². The van der Waals surface area contributed by atoms with Crippen LogP contribution in [0.3, 0.4) is 0 Å². The average molecular weight is 379 g/mol. The number of likely N-dealkylation sites (tertiary alicyclic amines) is 1. The van der Waals surface area contributed by atoms with Crippen molar-refractivity contribution in [2.75, 3.05) is 13.1 Å². The second-order valence-corrected chi connectivity index (χ2v) is 8.04. The summed E-state index contributed by atoms with van der Waals surface area (Å²) in [6.07, 6.45) is 3.87. The van der Waals surface area contributed by atoms with Gasteiger partial charge in [-0.3, -0.25) is 0 Å². The summed E-state index contributed by atoms with van der Waals surface area (Å²) in [5.74, 6) is 0. The largest absolute Gasteiger partial charge is 0.444 e. The Balaban J connectivity index is 1.69. The zero-order chi connectivity index (χ0) is 16.6. The molecule has 1 aromatic carbocycles. The van der Waals surface area contributed by atoms with E-state index in [1.54, 1.807) is 0 Å². The van der Waals surface area contributed by atoms with Gasteiger partial charge in [-0.25, -0.2) is 4.79 Å². The van der Waals surface area contributed by atoms with E-state index in [-0.39, 0.29) is 6.09 Å². The smallest absolute Gasteiger partial charge is 0.410 e. The van der Waals surface area contributed by atoms with Gasteiger partial charge in [0.05, 0.1) is 0 Å². The lowest BCUT2D eigenvalue weighted by atomic mass is 10.0. The van der Waals surface area contributed by atoms with Crippen LogP contribution < -0.4 is 0 Å². The van der Waals surface area contributed by atoms with E-state index in [1.807, 2.05) is 25.7 Å². The number of fused-ring (bicyclic) bond motifs is 1. The van der Waals surface area contributed by atoms with E-state index in [0.717, 1.165) is 30.4 Å². The number of ether oxygens (including phenoxy) is 1. The van der Waals surface area contributed by atoms with E-state index in [1.165, 1.54) is 10.9 Å². The molecule has 3 rings (SSSR count). The lowest BCUT2D eigenvalue weighted by Crippen LogP contribution is -2.42. The fraction of sp³-hybridized carbons (Fsp3) is 0.500. The van der Waals surface area contributed by atoms with Gasteiger partial charge in [-0.1, -0.05) is 22.0 Å². The van der Waals surface area contributed by atoms with Crippen LogP contribution in [0.1, 0.15) is 39.7 Å². The number of carbonyl (C=O) groups excluding carboxylic acids is 1. The van der Waals surface area contributed by atoms with Gasteiger partial charge < -0.3 is 14.2 Å². The molecule has 1 amide bonds. The molecule has 1 saturated heterocycles. The summed E-state index contributed by atoms with van der Waals surface area (Å²) in [7, 11) is 0. The Morgan fingerprint density at radius 1 is 1.22 bits per heavy atom. The van der Waals surface area contributed by atoms with Crippen molar-refractivity contribution in [3.05, 3.63) is 34.9 Å². The van der Waals surface area contributed by atoms with Crippen LogP contribution >= 0.6 is 15.9 Å². The first-order chi connectivity index (χ1) is 10.8. The van der Waals surface area contributed by atoms with Gasteiger partial charge in [-0.05, 0) is 57.2 Å². The minimum absolute atomic E-state index is 0.198. The first kappa shape index (κ1) is 16.4. The molecule has 5 heteroatoms. The summed E-state index contributed by atoms with van der Waals surface area (Å²) in [6.45, 7) is 7.20. The molecule has 1 fully saturated rings. The topological polar surface area (TPSA) is 34.5 Å². The average Bonchev–Trinajstić information content (AvgIpc) is 2.88. The van der Waals surface area contributed by atoms with Crippen molar-refractivity contribution in [3.63, 3.8) is 0 Å². The molecule has 0 bridgehead atoms. The Morgan fingerprint density at radius 3 is 2.57 bits per heavy atom. The van der Waals surface area contributed by atoms with Gasteiger partial charge in [0.25, 0.3) is 0 Å². The molecular weight excluding hydrogens is 356 g/mol. The summed E-state index contributed by atoms with van der Waals surface area (Å²) in [4.78, 5) is 14.0. The van der Waals surface area contributed by atoms with E-state index in [9.17, 15) is 4.79 Å². The third kappa shape index (κ3) is 3.71. The van der Waals surface area contributed by atoms with Crippen LogP contribution in [0.5, 0.6) is 0 Å². The highest BCUT2D eigenvalue weighted by Crippen LogP contribution is 2.29. The Hall–Kier alpha value is -1.49. The molecule has 1 aliphatic heterocycles. The fourth-order valence-corrected chi connectivity index (χ4v) is 3.44. The van der Waals surface area contributed by atoms with Gasteiger partial charge in [0.1, 0.15) is 5.60 Å². The van der Waals surface area contributed by atoms with Gasteiger partial charge in [-0.15, -0.1) is 0 Å². The van der Waals surface area contributed by atoms with Gasteiger partial charge in [0.15, 0.2) is 0 Å². The van der Waals surface area contributed by atoms with Gasteiger partial charge in [0, 0.05) is 35.3 Å². The zero-order valence-electron chi connectivity index (χ0n) is 13.9. The van der Waals surface area contributed by atoms with Gasteiger partial charge in [0.2, 0.25) is 0 Å². The molecule has 2 aromatic rings. The predicted octanol–water partition coefficient (Wildman–Crippen LogP) is 4.98. The summed E-state index contributed by atoms with van der Waals surface area (Å²) >= 11 is 3.55. The Bertz CT molecular complexity index is 709. The van der Waals surface area contributed by atoms with Crippen molar-refractivity contribution < 1.29 is 9.53 Å². The predicted molar refractivity (Wildman–Crippen MR) is 95.7 cm³/mol. The van der Waals surface area contributed by atoms with Crippen LogP contribution in [0.15, 0.2) is 34.9 Å². The molecule has 0 N–H and O–H groups in total. The van der Waals surface area contributed by atoms with E-state index in [0.29, 0.717) is 6.04 Å². The molecule has 4 nitrogen and oxygen atoms in total. The lowest BCUT2D eigenvalue weighted by Gasteiger charge is -2.34. The van der Waals surface area contributed by atoms with Crippen LogP contribution in [-0.4, -0.2) is 34.3 Å². The summed E-state index contributed by atoms with van der Waals surface area (Å²) in [5.41, 5.74) is 0.812. The van der Waals surface area contributed by atoms with Crippen molar-refractivity contribution in [2.24, 2.45) is 0 Å². The fourth-order valence-electron chi connectivity index (χ4n) is 3.09. The monoisotopic (exact) mass is 378 g/mol. The molecule has 0 aliphatic carbocycles. The molecule has 23 heavy (non-hydrogen) atoms. The number of halogens is 1. The van der Waals surface area contributed by atoms with Crippen molar-refractivity contribution >= 4 is 32.9 Å². The number of hydrogen-bond acceptors (Lipinski definition) is 2. The van der Waals surface area contributed by atoms with Gasteiger partial charge in [-0.2, -0.15) is 0 Å². The standard InChI is InChI=1S/C18H23BrN2O2/c1-18(2,3)23-17(22)20-9-7-15(8-10-20)21-11-6-13-4-5-14(19)12-16(13)21/h4-6,11-12,15H,7-10H2,1-3H3. The van der Waals surface area contributed by atoms with Crippen LogP contribution in [0.2, 0.25) is 0 Å². The van der Waals surface area contributed by atoms with E-state index in [2.05, 4.69) is 51.0 Å². The first-order valence-electron chi connectivity index (χ1n) is 8.07. The van der Waals surface area contributed by atoms with Crippen molar-refractivity contribution in [1.29, 1.82) is 0 Å². The second kappa shape index (κ2) is 6.19. The third-order valence-electron chi connectivity index (χ3n) is 4.19. The van der Waals surface area contributed by atoms with Crippen LogP contribution in [-0.2, 0) is 4.74 Å². The van der Waals surface area contributed by atoms with Crippen molar-refractivity contribution in [1.82, 2.24) is 9.47 Å². The molecule has 124 valence electrons. The van der Waals surface area contributed by atoms with E-state index >= 15 is 0 Å². The number of benzene rings is 1. The van der Waals surface area contributed by atoms with Crippen LogP contribution in [0.25, 0.3) is 10.9 Å². The highest BCUT2D eigenvalue weighted by Gasteiger charge is 2.27. The highest BCUT2D eigenvalue weighted by atomic mass is 79.9. The molecular formula is C18H23BrN2O2. The third-order valence-corrected chi connectivity index (χ3v) is 4.69. The quantitative estimate of drug-likeness (QED) is 0.701. The molecule has 0 radical (unpaired) electrons. The van der Waals surface area contributed by atoms with Crippen molar-refractivity contribution in [3.8, 4) is 0 Å². The maximum Gasteiger partial charge on any atom is 0.410 e. The molecule has 0 unspecified atom stereocenters. The zero-order valence-corrected chi connectivity index (χ0v) is 15.5. The molecule has 0 saturated carbocycles. The lowest BCUT2D eigenvalue weighted by molar-refractivity contribution is 0.0190. The number of carbonyl (C=O) groups is 1. The number of amides is 1. The summed E-state index contributed by atoms with van der Waals surface area (Å²) < 4.78 is 8.90. The Labute approximate surface area is 145 Å². The molecule has 1 aliphatic rings. The maximum absolute atomic E-state index is 12.2. The Morgan fingerprint density at radius 2 is 1.91 bits per heavy atom. The minimum atomic E-state index is -0.434. The van der Waals surface area contributed by atoms with Gasteiger partial charge >= 0.3 is 6.09 Å². The Kier molecular flexibility index (Phi) is 4.41. The number of rotatable bonds is 1.